The van der Waals surface area contributed by atoms with Crippen molar-refractivity contribution in [2.45, 2.75) is 43.9 Å². The lowest BCUT2D eigenvalue weighted by Crippen LogP contribution is -2.49. The van der Waals surface area contributed by atoms with Gasteiger partial charge >= 0.3 is 0 Å². The highest BCUT2D eigenvalue weighted by Crippen LogP contribution is 2.45. The van der Waals surface area contributed by atoms with E-state index in [9.17, 15) is 4.79 Å². The molecule has 1 aromatic rings. The number of halogens is 3. The molecule has 0 spiro atoms. The lowest BCUT2D eigenvalue weighted by molar-refractivity contribution is -0.120. The van der Waals surface area contributed by atoms with Gasteiger partial charge in [0.2, 0.25) is 0 Å². The van der Waals surface area contributed by atoms with E-state index in [1.807, 2.05) is 22.2 Å². The highest BCUT2D eigenvalue weighted by Gasteiger charge is 2.44. The summed E-state index contributed by atoms with van der Waals surface area (Å²) in [5.74, 6) is -0.150. The fourth-order valence-corrected chi connectivity index (χ4v) is 6.69. The first-order valence-electron chi connectivity index (χ1n) is 9.85. The van der Waals surface area contributed by atoms with Gasteiger partial charge in [-0.25, -0.2) is 5.01 Å². The van der Waals surface area contributed by atoms with Crippen LogP contribution in [0.1, 0.15) is 32.6 Å². The Bertz CT molecular complexity index is 859. The summed E-state index contributed by atoms with van der Waals surface area (Å²) >= 11 is 18.0. The number of carbonyl (C=O) groups is 1. The summed E-state index contributed by atoms with van der Waals surface area (Å²) in [5, 5.41) is 10.1. The quantitative estimate of drug-likeness (QED) is 0.578. The molecule has 1 amide bonds. The van der Waals surface area contributed by atoms with E-state index in [4.69, 9.17) is 28.3 Å². The number of rotatable bonds is 4. The third-order valence-corrected chi connectivity index (χ3v) is 8.19. The highest BCUT2D eigenvalue weighted by atomic mass is 79.9. The number of anilines is 1. The normalized spacial score (nSPS) is 27.7. The zero-order chi connectivity index (χ0) is 20.5. The van der Waals surface area contributed by atoms with Crippen LogP contribution in [0.3, 0.4) is 0 Å². The highest BCUT2D eigenvalue weighted by molar-refractivity contribution is 9.14. The number of hydrazone groups is 1. The van der Waals surface area contributed by atoms with E-state index in [1.165, 1.54) is 6.42 Å². The minimum absolute atomic E-state index is 0.0204. The van der Waals surface area contributed by atoms with E-state index in [1.54, 1.807) is 17.8 Å². The van der Waals surface area contributed by atoms with Gasteiger partial charge < -0.3 is 0 Å². The van der Waals surface area contributed by atoms with Gasteiger partial charge in [0.25, 0.3) is 5.91 Å². The molecule has 0 bridgehead atoms. The minimum atomic E-state index is -0.119. The van der Waals surface area contributed by atoms with Gasteiger partial charge in [0.15, 0.2) is 0 Å². The molecule has 1 saturated heterocycles. The Labute approximate surface area is 193 Å². The molecule has 1 unspecified atom stereocenters. The van der Waals surface area contributed by atoms with Crippen LogP contribution in [-0.4, -0.2) is 41.0 Å². The minimum Gasteiger partial charge on any atom is -0.284 e. The fourth-order valence-electron chi connectivity index (χ4n) is 4.13. The van der Waals surface area contributed by atoms with Gasteiger partial charge in [0, 0.05) is 33.1 Å². The number of nitrogens with one attached hydrogen (secondary N) is 1. The van der Waals surface area contributed by atoms with Crippen LogP contribution in [0.2, 0.25) is 10.0 Å². The second-order valence-electron chi connectivity index (χ2n) is 7.59. The Balaban J connectivity index is 1.62. The van der Waals surface area contributed by atoms with Gasteiger partial charge in [0.05, 0.1) is 16.8 Å². The number of carbonyl (C=O) groups excluding carboxylic acids is 1. The second kappa shape index (κ2) is 9.18. The molecule has 3 aliphatic rings. The fraction of sp³-hybridized carbons (Fsp3) is 0.500. The second-order valence-corrected chi connectivity index (χ2v) is 11.1. The number of benzene rings is 1. The monoisotopic (exact) mass is 516 g/mol. The number of amides is 1. The van der Waals surface area contributed by atoms with Crippen molar-refractivity contribution in [3.05, 3.63) is 38.1 Å². The molecule has 1 fully saturated rings. The summed E-state index contributed by atoms with van der Waals surface area (Å²) in [7, 11) is 0. The maximum absolute atomic E-state index is 13.1. The molecule has 0 radical (unpaired) electrons. The molecule has 3 heterocycles. The maximum Gasteiger partial charge on any atom is 0.282 e. The number of hydrogen-bond acceptors (Lipinski definition) is 5. The van der Waals surface area contributed by atoms with Crippen LogP contribution in [0, 0.1) is 5.92 Å². The molecule has 0 aliphatic carbocycles. The van der Waals surface area contributed by atoms with E-state index in [2.05, 4.69) is 34.4 Å². The topological polar surface area (TPSA) is 47.9 Å². The van der Waals surface area contributed by atoms with Crippen molar-refractivity contribution in [1.82, 2.24) is 10.4 Å². The van der Waals surface area contributed by atoms with Gasteiger partial charge in [0.1, 0.15) is 5.71 Å². The summed E-state index contributed by atoms with van der Waals surface area (Å²) in [4.78, 5) is 13.1. The Kier molecular flexibility index (Phi) is 6.81. The number of piperidine rings is 1. The molecule has 156 valence electrons. The van der Waals surface area contributed by atoms with Gasteiger partial charge in [-0.05, 0) is 53.4 Å². The summed E-state index contributed by atoms with van der Waals surface area (Å²) in [6.07, 6.45) is 6.52. The molecule has 3 atom stereocenters. The molecule has 1 aromatic carbocycles. The lowest BCUT2D eigenvalue weighted by Gasteiger charge is -2.31. The molecule has 29 heavy (non-hydrogen) atoms. The zero-order valence-electron chi connectivity index (χ0n) is 16.1. The molecule has 0 aromatic heterocycles. The number of allylic oxidation sites excluding steroid dienone is 1. The van der Waals surface area contributed by atoms with E-state index in [0.29, 0.717) is 15.8 Å². The van der Waals surface area contributed by atoms with Crippen LogP contribution in [-0.2, 0) is 4.79 Å². The first-order valence-corrected chi connectivity index (χ1v) is 12.3. The van der Waals surface area contributed by atoms with Crippen molar-refractivity contribution in [2.75, 3.05) is 18.1 Å². The third-order valence-electron chi connectivity index (χ3n) is 5.60. The molecule has 3 aliphatic heterocycles. The van der Waals surface area contributed by atoms with Crippen LogP contribution >= 0.6 is 50.9 Å². The van der Waals surface area contributed by atoms with E-state index >= 15 is 0 Å². The zero-order valence-corrected chi connectivity index (χ0v) is 20.0. The molecule has 5 nitrogen and oxygen atoms in total. The molecule has 4 rings (SSSR count). The van der Waals surface area contributed by atoms with Crippen molar-refractivity contribution >= 4 is 68.2 Å². The van der Waals surface area contributed by atoms with Crippen LogP contribution in [0.15, 0.2) is 33.2 Å². The standard InChI is InChI=1S/C20H23BrCl2N4OS/c1-12-18(20(28)25-26-9-3-2-4-10-26)24-27(15-6-5-13(22)11-14(15)23)19(12)16-7-8-17(21)29-16/h5-6,8,11-12,16,19H,2-4,7,9-10H2,1H3,(H,25,28)/t12-,16?,19-/m0/s1. The first kappa shape index (κ1) is 21.5. The summed E-state index contributed by atoms with van der Waals surface area (Å²) in [6, 6.07) is 5.42. The van der Waals surface area contributed by atoms with E-state index in [-0.39, 0.29) is 23.1 Å². The summed E-state index contributed by atoms with van der Waals surface area (Å²) < 4.78 is 1.13. The molecular formula is C20H23BrCl2N4OS. The van der Waals surface area contributed by atoms with Crippen LogP contribution in [0.5, 0.6) is 0 Å². The SMILES string of the molecule is C[C@H]1C(C(=O)NN2CCCCC2)=NN(c2ccc(Cl)cc2Cl)[C@@H]1C1CC=C(Br)S1. The van der Waals surface area contributed by atoms with Crippen molar-refractivity contribution in [2.24, 2.45) is 11.0 Å². The number of hydrogen-bond donors (Lipinski definition) is 1. The maximum atomic E-state index is 13.1. The van der Waals surface area contributed by atoms with Crippen LogP contribution in [0.25, 0.3) is 0 Å². The van der Waals surface area contributed by atoms with E-state index in [0.717, 1.165) is 41.9 Å². The average molecular weight is 518 g/mol. The largest absolute Gasteiger partial charge is 0.284 e. The number of hydrazine groups is 1. The van der Waals surface area contributed by atoms with Crippen molar-refractivity contribution in [3.63, 3.8) is 0 Å². The van der Waals surface area contributed by atoms with E-state index < -0.39 is 0 Å². The summed E-state index contributed by atoms with van der Waals surface area (Å²) in [6.45, 7) is 3.85. The smallest absolute Gasteiger partial charge is 0.282 e. The summed E-state index contributed by atoms with van der Waals surface area (Å²) in [5.41, 5.74) is 4.39. The number of thioether (sulfide) groups is 1. The predicted octanol–water partition coefficient (Wildman–Crippen LogP) is 5.43. The van der Waals surface area contributed by atoms with Gasteiger partial charge in [-0.2, -0.15) is 5.10 Å². The Hall–Kier alpha value is -0.730. The Morgan fingerprint density at radius 1 is 1.28 bits per heavy atom. The first-order chi connectivity index (χ1) is 13.9. The number of nitrogens with zero attached hydrogens (tertiary/aromatic N) is 3. The molecule has 0 saturated carbocycles. The molecule has 9 heteroatoms. The van der Waals surface area contributed by atoms with Gasteiger partial charge in [-0.3, -0.25) is 15.2 Å². The average Bonchev–Trinajstić information content (AvgIpc) is 3.25. The van der Waals surface area contributed by atoms with Crippen molar-refractivity contribution < 1.29 is 4.79 Å². The Morgan fingerprint density at radius 3 is 2.69 bits per heavy atom. The lowest BCUT2D eigenvalue weighted by atomic mass is 9.93. The molecular weight excluding hydrogens is 495 g/mol. The Morgan fingerprint density at radius 2 is 2.03 bits per heavy atom. The van der Waals surface area contributed by atoms with Crippen LogP contribution < -0.4 is 10.4 Å². The predicted molar refractivity (Wildman–Crippen MR) is 126 cm³/mol. The van der Waals surface area contributed by atoms with Crippen LogP contribution in [0.4, 0.5) is 5.69 Å². The van der Waals surface area contributed by atoms with Crippen molar-refractivity contribution in [3.8, 4) is 0 Å². The van der Waals surface area contributed by atoms with Gasteiger partial charge in [-0.15, -0.1) is 11.8 Å². The molecule has 1 N–H and O–H groups in total. The van der Waals surface area contributed by atoms with Gasteiger partial charge in [-0.1, -0.05) is 42.6 Å². The third kappa shape index (κ3) is 4.64. The van der Waals surface area contributed by atoms with Crippen molar-refractivity contribution in [1.29, 1.82) is 0 Å².